The first kappa shape index (κ1) is 15.3. The van der Waals surface area contributed by atoms with Crippen molar-refractivity contribution in [2.75, 3.05) is 5.32 Å². The van der Waals surface area contributed by atoms with Gasteiger partial charge in [-0.2, -0.15) is 0 Å². The molecule has 0 aliphatic heterocycles. The molecule has 0 unspecified atom stereocenters. The van der Waals surface area contributed by atoms with Gasteiger partial charge in [0.1, 0.15) is 11.6 Å². The normalized spacial score (nSPS) is 12.2. The molecule has 1 N–H and O–H groups in total. The van der Waals surface area contributed by atoms with Gasteiger partial charge in [-0.05, 0) is 31.5 Å². The topological polar surface area (TPSA) is 55.6 Å². The zero-order chi connectivity index (χ0) is 17.2. The number of hydrogen-bond donors (Lipinski definition) is 1. The minimum atomic E-state index is 0.145. The molecule has 2 aromatic heterocycles. The van der Waals surface area contributed by atoms with Crippen LogP contribution >= 0.6 is 0 Å². The van der Waals surface area contributed by atoms with Crippen LogP contribution in [0.25, 0.3) is 16.9 Å². The van der Waals surface area contributed by atoms with Crippen LogP contribution in [0.15, 0.2) is 67.0 Å². The summed E-state index contributed by atoms with van der Waals surface area (Å²) < 4.78 is 2.03. The summed E-state index contributed by atoms with van der Waals surface area (Å²) in [7, 11) is 0. The van der Waals surface area contributed by atoms with Gasteiger partial charge in [0.05, 0.1) is 23.4 Å². The van der Waals surface area contributed by atoms with Crippen molar-refractivity contribution in [3.63, 3.8) is 0 Å². The highest BCUT2D eigenvalue weighted by Crippen LogP contribution is 2.22. The summed E-state index contributed by atoms with van der Waals surface area (Å²) in [4.78, 5) is 13.7. The van der Waals surface area contributed by atoms with E-state index in [0.29, 0.717) is 0 Å². The van der Waals surface area contributed by atoms with E-state index in [0.717, 1.165) is 28.5 Å². The number of hydrogen-bond acceptors (Lipinski definition) is 4. The standard InChI is InChI=1S/C20H19N5/c1-14(16-8-4-3-5-9-16)22-19-12-21-13-20(24-19)25-15(2)23-17-10-6-7-11-18(17)25/h3-14H,1-2H3,(H,22,24)/t14-/m0/s1. The third-order valence-corrected chi connectivity index (χ3v) is 4.24. The number of rotatable bonds is 4. The summed E-state index contributed by atoms with van der Waals surface area (Å²) in [5.41, 5.74) is 3.19. The summed E-state index contributed by atoms with van der Waals surface area (Å²) in [6, 6.07) is 18.5. The molecule has 0 spiro atoms. The van der Waals surface area contributed by atoms with Gasteiger partial charge in [0.2, 0.25) is 0 Å². The molecule has 5 nitrogen and oxygen atoms in total. The van der Waals surface area contributed by atoms with Crippen molar-refractivity contribution in [2.45, 2.75) is 19.9 Å². The summed E-state index contributed by atoms with van der Waals surface area (Å²) in [5, 5.41) is 3.42. The Morgan fingerprint density at radius 1 is 0.920 bits per heavy atom. The first-order valence-corrected chi connectivity index (χ1v) is 8.30. The van der Waals surface area contributed by atoms with Gasteiger partial charge in [-0.25, -0.2) is 9.97 Å². The Bertz CT molecular complexity index is 1010. The summed E-state index contributed by atoms with van der Waals surface area (Å²) >= 11 is 0. The maximum absolute atomic E-state index is 4.74. The maximum atomic E-state index is 4.74. The van der Waals surface area contributed by atoms with Gasteiger partial charge in [0.15, 0.2) is 5.82 Å². The molecule has 5 heteroatoms. The van der Waals surface area contributed by atoms with E-state index in [1.165, 1.54) is 5.56 Å². The fourth-order valence-electron chi connectivity index (χ4n) is 3.02. The third kappa shape index (κ3) is 2.96. The van der Waals surface area contributed by atoms with Crippen molar-refractivity contribution in [2.24, 2.45) is 0 Å². The van der Waals surface area contributed by atoms with Crippen LogP contribution in [-0.4, -0.2) is 19.5 Å². The molecular weight excluding hydrogens is 310 g/mol. The summed E-state index contributed by atoms with van der Waals surface area (Å²) in [5.74, 6) is 2.39. The molecule has 0 radical (unpaired) electrons. The van der Waals surface area contributed by atoms with Crippen LogP contribution < -0.4 is 5.32 Å². The fraction of sp³-hybridized carbons (Fsp3) is 0.150. The van der Waals surface area contributed by atoms with Crippen LogP contribution in [-0.2, 0) is 0 Å². The first-order valence-electron chi connectivity index (χ1n) is 8.30. The third-order valence-electron chi connectivity index (χ3n) is 4.24. The second-order valence-electron chi connectivity index (χ2n) is 6.02. The molecule has 0 fully saturated rings. The van der Waals surface area contributed by atoms with Crippen molar-refractivity contribution in [3.05, 3.63) is 78.4 Å². The molecule has 2 aromatic carbocycles. The number of nitrogens with one attached hydrogen (secondary N) is 1. The van der Waals surface area contributed by atoms with Gasteiger partial charge in [-0.3, -0.25) is 9.55 Å². The van der Waals surface area contributed by atoms with E-state index in [4.69, 9.17) is 4.98 Å². The Hall–Kier alpha value is -3.21. The second kappa shape index (κ2) is 6.36. The summed E-state index contributed by atoms with van der Waals surface area (Å²) in [6.07, 6.45) is 3.51. The minimum Gasteiger partial charge on any atom is -0.362 e. The van der Waals surface area contributed by atoms with Crippen molar-refractivity contribution in [1.82, 2.24) is 19.5 Å². The van der Waals surface area contributed by atoms with E-state index < -0.39 is 0 Å². The van der Waals surface area contributed by atoms with E-state index in [2.05, 4.69) is 34.3 Å². The van der Waals surface area contributed by atoms with Crippen LogP contribution in [0.5, 0.6) is 0 Å². The lowest BCUT2D eigenvalue weighted by molar-refractivity contribution is 0.861. The smallest absolute Gasteiger partial charge is 0.159 e. The van der Waals surface area contributed by atoms with Gasteiger partial charge in [-0.15, -0.1) is 0 Å². The number of anilines is 1. The van der Waals surface area contributed by atoms with Gasteiger partial charge in [0, 0.05) is 6.04 Å². The number of imidazole rings is 1. The predicted molar refractivity (Wildman–Crippen MR) is 99.9 cm³/mol. The van der Waals surface area contributed by atoms with E-state index in [1.807, 2.05) is 54.0 Å². The van der Waals surface area contributed by atoms with E-state index >= 15 is 0 Å². The molecule has 0 aliphatic rings. The number of para-hydroxylation sites is 2. The molecule has 0 amide bonds. The first-order chi connectivity index (χ1) is 12.2. The average molecular weight is 329 g/mol. The number of nitrogens with zero attached hydrogens (tertiary/aromatic N) is 4. The van der Waals surface area contributed by atoms with Gasteiger partial charge >= 0.3 is 0 Å². The zero-order valence-corrected chi connectivity index (χ0v) is 14.2. The molecular formula is C20H19N5. The zero-order valence-electron chi connectivity index (χ0n) is 14.2. The van der Waals surface area contributed by atoms with Crippen LogP contribution in [0.2, 0.25) is 0 Å². The molecule has 2 heterocycles. The Morgan fingerprint density at radius 3 is 2.52 bits per heavy atom. The molecule has 0 aliphatic carbocycles. The molecule has 0 bridgehead atoms. The van der Waals surface area contributed by atoms with Crippen molar-refractivity contribution < 1.29 is 0 Å². The van der Waals surface area contributed by atoms with Crippen LogP contribution in [0, 0.1) is 6.92 Å². The van der Waals surface area contributed by atoms with Crippen LogP contribution in [0.1, 0.15) is 24.4 Å². The quantitative estimate of drug-likeness (QED) is 0.606. The van der Waals surface area contributed by atoms with Crippen molar-refractivity contribution in [3.8, 4) is 5.82 Å². The monoisotopic (exact) mass is 329 g/mol. The number of fused-ring (bicyclic) bond motifs is 1. The minimum absolute atomic E-state index is 0.145. The highest BCUT2D eigenvalue weighted by atomic mass is 15.2. The number of aryl methyl sites for hydroxylation is 1. The second-order valence-corrected chi connectivity index (χ2v) is 6.02. The van der Waals surface area contributed by atoms with E-state index in [9.17, 15) is 0 Å². The highest BCUT2D eigenvalue weighted by Gasteiger charge is 2.12. The Labute approximate surface area is 146 Å². The van der Waals surface area contributed by atoms with Gasteiger partial charge < -0.3 is 5.32 Å². The molecule has 124 valence electrons. The Balaban J connectivity index is 1.69. The largest absolute Gasteiger partial charge is 0.362 e. The predicted octanol–water partition coefficient (Wildman–Crippen LogP) is 4.30. The van der Waals surface area contributed by atoms with Gasteiger partial charge in [-0.1, -0.05) is 42.5 Å². The maximum Gasteiger partial charge on any atom is 0.159 e. The lowest BCUT2D eigenvalue weighted by atomic mass is 10.1. The Morgan fingerprint density at radius 2 is 1.68 bits per heavy atom. The van der Waals surface area contributed by atoms with Gasteiger partial charge in [0.25, 0.3) is 0 Å². The average Bonchev–Trinajstić information content (AvgIpc) is 2.98. The van der Waals surface area contributed by atoms with E-state index in [1.54, 1.807) is 12.4 Å². The lowest BCUT2D eigenvalue weighted by Gasteiger charge is -2.15. The molecule has 4 aromatic rings. The molecule has 0 saturated carbocycles. The fourth-order valence-corrected chi connectivity index (χ4v) is 3.02. The van der Waals surface area contributed by atoms with Crippen molar-refractivity contribution >= 4 is 16.9 Å². The van der Waals surface area contributed by atoms with Crippen LogP contribution in [0.4, 0.5) is 5.82 Å². The van der Waals surface area contributed by atoms with Crippen molar-refractivity contribution in [1.29, 1.82) is 0 Å². The van der Waals surface area contributed by atoms with Crippen LogP contribution in [0.3, 0.4) is 0 Å². The van der Waals surface area contributed by atoms with E-state index in [-0.39, 0.29) is 6.04 Å². The molecule has 0 saturated heterocycles. The summed E-state index contributed by atoms with van der Waals surface area (Å²) in [6.45, 7) is 4.09. The molecule has 1 atom stereocenters. The number of benzene rings is 2. The lowest BCUT2D eigenvalue weighted by Crippen LogP contribution is -2.10. The molecule has 25 heavy (non-hydrogen) atoms. The molecule has 4 rings (SSSR count). The number of aromatic nitrogens is 4. The highest BCUT2D eigenvalue weighted by molar-refractivity contribution is 5.77. The Kier molecular flexibility index (Phi) is 3.90. The SMILES string of the molecule is Cc1nc2ccccc2n1-c1cncc(N[C@@H](C)c2ccccc2)n1.